The summed E-state index contributed by atoms with van der Waals surface area (Å²) in [6, 6.07) is 6.07. The van der Waals surface area contributed by atoms with Gasteiger partial charge < -0.3 is 10.1 Å². The minimum Gasteiger partial charge on any atom is -0.383 e. The number of aromatic nitrogens is 3. The van der Waals surface area contributed by atoms with E-state index in [2.05, 4.69) is 22.3 Å². The average molecular weight is 246 g/mol. The van der Waals surface area contributed by atoms with Crippen molar-refractivity contribution in [3.8, 4) is 0 Å². The van der Waals surface area contributed by atoms with Crippen molar-refractivity contribution >= 4 is 5.69 Å². The number of hydrogen-bond donors (Lipinski definition) is 1. The van der Waals surface area contributed by atoms with Gasteiger partial charge in [-0.3, -0.25) is 9.67 Å². The Morgan fingerprint density at radius 3 is 3.06 bits per heavy atom. The van der Waals surface area contributed by atoms with E-state index in [9.17, 15) is 0 Å². The Balaban J connectivity index is 1.95. The van der Waals surface area contributed by atoms with Crippen LogP contribution in [-0.4, -0.2) is 28.5 Å². The molecule has 5 heteroatoms. The fraction of sp³-hybridized carbons (Fsp3) is 0.385. The van der Waals surface area contributed by atoms with Crippen LogP contribution in [0.2, 0.25) is 0 Å². The lowest BCUT2D eigenvalue weighted by molar-refractivity contribution is 0.183. The Hall–Kier alpha value is -1.88. The molecule has 1 unspecified atom stereocenters. The van der Waals surface area contributed by atoms with Crippen molar-refractivity contribution in [1.29, 1.82) is 0 Å². The highest BCUT2D eigenvalue weighted by Crippen LogP contribution is 2.16. The molecule has 2 aromatic rings. The molecule has 2 rings (SSSR count). The van der Waals surface area contributed by atoms with Gasteiger partial charge in [0.15, 0.2) is 0 Å². The molecule has 0 aromatic carbocycles. The first-order chi connectivity index (χ1) is 8.79. The summed E-state index contributed by atoms with van der Waals surface area (Å²) in [6.45, 7) is 3.50. The van der Waals surface area contributed by atoms with E-state index in [1.807, 2.05) is 35.3 Å². The number of nitrogens with zero attached hydrogens (tertiary/aromatic N) is 3. The van der Waals surface area contributed by atoms with Gasteiger partial charge in [-0.05, 0) is 19.1 Å². The fourth-order valence-electron chi connectivity index (χ4n) is 1.70. The normalized spacial score (nSPS) is 12.3. The number of methoxy groups -OCH3 is 1. The maximum Gasteiger partial charge on any atom is 0.0731 e. The molecule has 0 aliphatic heterocycles. The number of anilines is 1. The van der Waals surface area contributed by atoms with Crippen molar-refractivity contribution in [2.45, 2.75) is 19.5 Å². The molecular formula is C13H18N4O. The van der Waals surface area contributed by atoms with E-state index < -0.39 is 0 Å². The molecule has 96 valence electrons. The zero-order valence-corrected chi connectivity index (χ0v) is 10.7. The Morgan fingerprint density at radius 1 is 1.44 bits per heavy atom. The lowest BCUT2D eigenvalue weighted by atomic mass is 10.2. The van der Waals surface area contributed by atoms with Gasteiger partial charge in [0.1, 0.15) is 0 Å². The van der Waals surface area contributed by atoms with Crippen LogP contribution in [0.3, 0.4) is 0 Å². The van der Waals surface area contributed by atoms with Crippen LogP contribution >= 0.6 is 0 Å². The summed E-state index contributed by atoms with van der Waals surface area (Å²) in [4.78, 5) is 4.32. The first kappa shape index (κ1) is 12.6. The van der Waals surface area contributed by atoms with Gasteiger partial charge in [-0.2, -0.15) is 5.10 Å². The Bertz CT molecular complexity index is 469. The van der Waals surface area contributed by atoms with Crippen LogP contribution in [0.4, 0.5) is 5.69 Å². The first-order valence-corrected chi connectivity index (χ1v) is 5.98. The van der Waals surface area contributed by atoms with Crippen LogP contribution < -0.4 is 5.32 Å². The highest BCUT2D eigenvalue weighted by molar-refractivity contribution is 5.40. The molecule has 0 aliphatic rings. The van der Waals surface area contributed by atoms with Gasteiger partial charge in [-0.15, -0.1) is 0 Å². The predicted octanol–water partition coefficient (Wildman–Crippen LogP) is 2.10. The second-order valence-electron chi connectivity index (χ2n) is 4.11. The van der Waals surface area contributed by atoms with Crippen LogP contribution in [0.5, 0.6) is 0 Å². The van der Waals surface area contributed by atoms with Crippen LogP contribution in [0.25, 0.3) is 0 Å². The molecule has 2 aromatic heterocycles. The summed E-state index contributed by atoms with van der Waals surface area (Å²) in [5.41, 5.74) is 2.01. The second kappa shape index (κ2) is 6.16. The standard InChI is InChI=1S/C13H18N4O/c1-11(13-5-3-4-6-14-13)16-12-9-15-17(10-12)7-8-18-2/h3-6,9-11,16H,7-8H2,1-2H3. The monoisotopic (exact) mass is 246 g/mol. The maximum absolute atomic E-state index is 5.01. The zero-order valence-electron chi connectivity index (χ0n) is 10.7. The van der Waals surface area contributed by atoms with Crippen molar-refractivity contribution in [1.82, 2.24) is 14.8 Å². The van der Waals surface area contributed by atoms with Crippen molar-refractivity contribution in [3.63, 3.8) is 0 Å². The number of rotatable bonds is 6. The average Bonchev–Trinajstić information content (AvgIpc) is 2.85. The van der Waals surface area contributed by atoms with Gasteiger partial charge in [-0.25, -0.2) is 0 Å². The molecule has 1 atom stereocenters. The summed E-state index contributed by atoms with van der Waals surface area (Å²) in [7, 11) is 1.69. The topological polar surface area (TPSA) is 52.0 Å². The van der Waals surface area contributed by atoms with E-state index in [-0.39, 0.29) is 6.04 Å². The van der Waals surface area contributed by atoms with Crippen LogP contribution in [-0.2, 0) is 11.3 Å². The highest BCUT2D eigenvalue weighted by Gasteiger charge is 2.07. The van der Waals surface area contributed by atoms with Crippen LogP contribution in [0.1, 0.15) is 18.7 Å². The van der Waals surface area contributed by atoms with E-state index in [1.165, 1.54) is 0 Å². The predicted molar refractivity (Wildman–Crippen MR) is 70.4 cm³/mol. The molecule has 5 nitrogen and oxygen atoms in total. The Kier molecular flexibility index (Phi) is 4.30. The molecule has 0 saturated carbocycles. The van der Waals surface area contributed by atoms with Crippen LogP contribution in [0.15, 0.2) is 36.8 Å². The summed E-state index contributed by atoms with van der Waals surface area (Å²) < 4.78 is 6.87. The molecule has 2 heterocycles. The third-order valence-corrected chi connectivity index (χ3v) is 2.67. The first-order valence-electron chi connectivity index (χ1n) is 5.98. The number of pyridine rings is 1. The van der Waals surface area contributed by atoms with Gasteiger partial charge in [0.25, 0.3) is 0 Å². The summed E-state index contributed by atoms with van der Waals surface area (Å²) in [5.74, 6) is 0. The lowest BCUT2D eigenvalue weighted by Gasteiger charge is -2.12. The summed E-state index contributed by atoms with van der Waals surface area (Å²) >= 11 is 0. The second-order valence-corrected chi connectivity index (χ2v) is 4.11. The van der Waals surface area contributed by atoms with Gasteiger partial charge in [0.2, 0.25) is 0 Å². The SMILES string of the molecule is COCCn1cc(NC(C)c2ccccn2)cn1. The van der Waals surface area contributed by atoms with Crippen molar-refractivity contribution < 1.29 is 4.74 Å². The largest absolute Gasteiger partial charge is 0.383 e. The smallest absolute Gasteiger partial charge is 0.0731 e. The van der Waals surface area contributed by atoms with Gasteiger partial charge in [0.05, 0.1) is 36.8 Å². The fourth-order valence-corrected chi connectivity index (χ4v) is 1.70. The summed E-state index contributed by atoms with van der Waals surface area (Å²) in [6.07, 6.45) is 5.59. The number of hydrogen-bond acceptors (Lipinski definition) is 4. The number of ether oxygens (including phenoxy) is 1. The molecule has 0 bridgehead atoms. The highest BCUT2D eigenvalue weighted by atomic mass is 16.5. The summed E-state index contributed by atoms with van der Waals surface area (Å²) in [5, 5.41) is 7.62. The molecule has 0 fully saturated rings. The quantitative estimate of drug-likeness (QED) is 0.848. The Labute approximate surface area is 107 Å². The van der Waals surface area contributed by atoms with Crippen molar-refractivity contribution in [2.24, 2.45) is 0 Å². The van der Waals surface area contributed by atoms with E-state index in [1.54, 1.807) is 13.3 Å². The Morgan fingerprint density at radius 2 is 2.33 bits per heavy atom. The van der Waals surface area contributed by atoms with Crippen LogP contribution in [0, 0.1) is 0 Å². The maximum atomic E-state index is 5.01. The molecule has 0 amide bonds. The van der Waals surface area contributed by atoms with E-state index in [0.717, 1.165) is 17.9 Å². The van der Waals surface area contributed by atoms with E-state index in [4.69, 9.17) is 4.74 Å². The molecule has 1 N–H and O–H groups in total. The third kappa shape index (κ3) is 3.30. The molecule has 0 radical (unpaired) electrons. The van der Waals surface area contributed by atoms with Gasteiger partial charge >= 0.3 is 0 Å². The number of nitrogens with one attached hydrogen (secondary N) is 1. The molecule has 18 heavy (non-hydrogen) atoms. The van der Waals surface area contributed by atoms with Gasteiger partial charge in [-0.1, -0.05) is 6.07 Å². The van der Waals surface area contributed by atoms with E-state index >= 15 is 0 Å². The molecule has 0 saturated heterocycles. The molecular weight excluding hydrogens is 228 g/mol. The zero-order chi connectivity index (χ0) is 12.8. The van der Waals surface area contributed by atoms with Crippen molar-refractivity contribution in [2.75, 3.05) is 19.0 Å². The minimum atomic E-state index is 0.159. The third-order valence-electron chi connectivity index (χ3n) is 2.67. The molecule has 0 spiro atoms. The molecule has 0 aliphatic carbocycles. The minimum absolute atomic E-state index is 0.159. The lowest BCUT2D eigenvalue weighted by Crippen LogP contribution is -2.08. The van der Waals surface area contributed by atoms with Gasteiger partial charge in [0, 0.05) is 19.5 Å². The van der Waals surface area contributed by atoms with Crippen molar-refractivity contribution in [3.05, 3.63) is 42.5 Å². The van der Waals surface area contributed by atoms with E-state index in [0.29, 0.717) is 6.61 Å².